The van der Waals surface area contributed by atoms with E-state index in [0.717, 1.165) is 5.56 Å². The lowest BCUT2D eigenvalue weighted by molar-refractivity contribution is -0.384. The third-order valence-corrected chi connectivity index (χ3v) is 7.26. The standard InChI is InChI=1S/C27H20ClN3O6S/c1-3-36-26(33)23-15(2)29-27-30(24(23)16-7-5-4-6-8-16)25(32)22(38-27)14-18-10-12-21(37-18)19-11-9-17(31(34)35)13-20(19)28/h4-14,24H,3H2,1-2H3/b22-14-/t24-/m0/s1. The highest BCUT2D eigenvalue weighted by molar-refractivity contribution is 7.07. The van der Waals surface area contributed by atoms with Crippen LogP contribution in [0.3, 0.4) is 0 Å². The Morgan fingerprint density at radius 1 is 1.24 bits per heavy atom. The number of benzene rings is 2. The van der Waals surface area contributed by atoms with E-state index in [-0.39, 0.29) is 22.9 Å². The predicted molar refractivity (Wildman–Crippen MR) is 143 cm³/mol. The number of thiazole rings is 1. The Bertz CT molecular complexity index is 1780. The molecule has 9 nitrogen and oxygen atoms in total. The van der Waals surface area contributed by atoms with Gasteiger partial charge in [-0.15, -0.1) is 0 Å². The molecule has 11 heteroatoms. The van der Waals surface area contributed by atoms with Crippen molar-refractivity contribution in [2.24, 2.45) is 4.99 Å². The minimum absolute atomic E-state index is 0.128. The zero-order valence-corrected chi connectivity index (χ0v) is 21.8. The first-order chi connectivity index (χ1) is 18.3. The fourth-order valence-corrected chi connectivity index (χ4v) is 5.56. The zero-order valence-electron chi connectivity index (χ0n) is 20.2. The van der Waals surface area contributed by atoms with Crippen molar-refractivity contribution in [1.82, 2.24) is 4.57 Å². The molecule has 1 aliphatic heterocycles. The molecule has 0 fully saturated rings. The van der Waals surface area contributed by atoms with Crippen LogP contribution in [-0.2, 0) is 9.53 Å². The summed E-state index contributed by atoms with van der Waals surface area (Å²) in [6.45, 7) is 3.65. The summed E-state index contributed by atoms with van der Waals surface area (Å²) in [7, 11) is 0. The second-order valence-corrected chi connectivity index (χ2v) is 9.75. The second kappa shape index (κ2) is 10.2. The SMILES string of the molecule is CCOC(=O)C1=C(C)N=c2s/c(=C\c3ccc(-c4ccc([N+](=O)[O-])cc4Cl)o3)c(=O)n2[C@H]1c1ccccc1. The molecule has 5 rings (SSSR count). The summed E-state index contributed by atoms with van der Waals surface area (Å²) in [5.41, 5.74) is 1.58. The van der Waals surface area contributed by atoms with E-state index in [1.54, 1.807) is 32.1 Å². The van der Waals surface area contributed by atoms with Crippen LogP contribution in [0.25, 0.3) is 17.4 Å². The van der Waals surface area contributed by atoms with E-state index in [4.69, 9.17) is 20.8 Å². The van der Waals surface area contributed by atoms with Gasteiger partial charge in [0.25, 0.3) is 11.2 Å². The number of esters is 1. The summed E-state index contributed by atoms with van der Waals surface area (Å²) in [5.74, 6) is 0.260. The molecule has 0 radical (unpaired) electrons. The largest absolute Gasteiger partial charge is 0.463 e. The number of aromatic nitrogens is 1. The number of hydrogen-bond acceptors (Lipinski definition) is 8. The van der Waals surface area contributed by atoms with E-state index < -0.39 is 16.9 Å². The number of nitrogens with zero attached hydrogens (tertiary/aromatic N) is 3. The molecule has 0 amide bonds. The molecule has 3 heterocycles. The summed E-state index contributed by atoms with van der Waals surface area (Å²) >= 11 is 7.42. The first kappa shape index (κ1) is 25.4. The predicted octanol–water partition coefficient (Wildman–Crippen LogP) is 4.62. The maximum Gasteiger partial charge on any atom is 0.338 e. The Hall–Kier alpha value is -4.28. The maximum atomic E-state index is 13.6. The van der Waals surface area contributed by atoms with Gasteiger partial charge in [-0.3, -0.25) is 19.5 Å². The van der Waals surface area contributed by atoms with E-state index in [9.17, 15) is 19.7 Å². The summed E-state index contributed by atoms with van der Waals surface area (Å²) in [5, 5.41) is 11.2. The highest BCUT2D eigenvalue weighted by atomic mass is 35.5. The van der Waals surface area contributed by atoms with Gasteiger partial charge in [0.2, 0.25) is 0 Å². The van der Waals surface area contributed by atoms with Gasteiger partial charge in [-0.2, -0.15) is 0 Å². The van der Waals surface area contributed by atoms with Gasteiger partial charge < -0.3 is 9.15 Å². The van der Waals surface area contributed by atoms with Crippen LogP contribution in [0.2, 0.25) is 5.02 Å². The number of non-ortho nitro benzene ring substituents is 1. The highest BCUT2D eigenvalue weighted by Gasteiger charge is 2.33. The first-order valence-electron chi connectivity index (χ1n) is 11.6. The molecule has 1 atom stereocenters. The summed E-state index contributed by atoms with van der Waals surface area (Å²) in [6, 6.07) is 16.0. The number of carbonyl (C=O) groups excluding carboxylic acids is 1. The molecule has 1 aliphatic rings. The number of hydrogen-bond donors (Lipinski definition) is 0. The molecule has 0 saturated carbocycles. The van der Waals surface area contributed by atoms with Crippen molar-refractivity contribution in [3.05, 3.63) is 118 Å². The Balaban J connectivity index is 1.60. The van der Waals surface area contributed by atoms with Crippen LogP contribution in [0.15, 0.2) is 86.1 Å². The molecule has 192 valence electrons. The topological polar surface area (TPSA) is 117 Å². The third kappa shape index (κ3) is 4.59. The van der Waals surface area contributed by atoms with Crippen molar-refractivity contribution in [1.29, 1.82) is 0 Å². The number of fused-ring (bicyclic) bond motifs is 1. The number of ether oxygens (including phenoxy) is 1. The quantitative estimate of drug-likeness (QED) is 0.197. The number of allylic oxidation sites excluding steroid dienone is 1. The van der Waals surface area contributed by atoms with Gasteiger partial charge in [-0.1, -0.05) is 53.3 Å². The minimum atomic E-state index is -0.695. The third-order valence-electron chi connectivity index (χ3n) is 5.96. The fraction of sp³-hybridized carbons (Fsp3) is 0.148. The van der Waals surface area contributed by atoms with E-state index in [1.165, 1.54) is 34.1 Å². The van der Waals surface area contributed by atoms with E-state index in [1.807, 2.05) is 30.3 Å². The van der Waals surface area contributed by atoms with E-state index >= 15 is 0 Å². The smallest absolute Gasteiger partial charge is 0.338 e. The first-order valence-corrected chi connectivity index (χ1v) is 12.8. The van der Waals surface area contributed by atoms with Crippen LogP contribution in [-0.4, -0.2) is 22.1 Å². The summed E-state index contributed by atoms with van der Waals surface area (Å²) < 4.78 is 13.1. The van der Waals surface area contributed by atoms with Gasteiger partial charge in [0.1, 0.15) is 11.5 Å². The molecule has 0 N–H and O–H groups in total. The Labute approximate surface area is 224 Å². The molecular formula is C27H20ClN3O6S. The van der Waals surface area contributed by atoms with Crippen LogP contribution in [0, 0.1) is 10.1 Å². The number of carbonyl (C=O) groups is 1. The molecule has 0 bridgehead atoms. The number of furan rings is 1. The number of rotatable bonds is 6. The van der Waals surface area contributed by atoms with Gasteiger partial charge in [0, 0.05) is 23.8 Å². The van der Waals surface area contributed by atoms with Crippen LogP contribution in [0.1, 0.15) is 31.2 Å². The summed E-state index contributed by atoms with van der Waals surface area (Å²) in [6.07, 6.45) is 1.60. The molecule has 0 saturated heterocycles. The van der Waals surface area contributed by atoms with Gasteiger partial charge in [0.15, 0.2) is 4.80 Å². The average Bonchev–Trinajstić information content (AvgIpc) is 3.48. The van der Waals surface area contributed by atoms with Crippen molar-refractivity contribution in [2.75, 3.05) is 6.61 Å². The second-order valence-electron chi connectivity index (χ2n) is 8.34. The van der Waals surface area contributed by atoms with Crippen molar-refractivity contribution < 1.29 is 18.9 Å². The van der Waals surface area contributed by atoms with Crippen molar-refractivity contribution in [3.63, 3.8) is 0 Å². The fourth-order valence-electron chi connectivity index (χ4n) is 4.26. The number of nitro groups is 1. The minimum Gasteiger partial charge on any atom is -0.463 e. The summed E-state index contributed by atoms with van der Waals surface area (Å²) in [4.78, 5) is 42.0. The van der Waals surface area contributed by atoms with Crippen LogP contribution in [0.4, 0.5) is 5.69 Å². The van der Waals surface area contributed by atoms with Crippen LogP contribution >= 0.6 is 22.9 Å². The molecule has 0 aliphatic carbocycles. The Morgan fingerprint density at radius 2 is 2.00 bits per heavy atom. The Morgan fingerprint density at radius 3 is 2.68 bits per heavy atom. The van der Waals surface area contributed by atoms with Gasteiger partial charge >= 0.3 is 5.97 Å². The molecule has 2 aromatic heterocycles. The molecule has 0 spiro atoms. The Kier molecular flexibility index (Phi) is 6.83. The highest BCUT2D eigenvalue weighted by Crippen LogP contribution is 2.33. The lowest BCUT2D eigenvalue weighted by Gasteiger charge is -2.24. The molecule has 4 aromatic rings. The van der Waals surface area contributed by atoms with Gasteiger partial charge in [-0.05, 0) is 37.6 Å². The van der Waals surface area contributed by atoms with Gasteiger partial charge in [0.05, 0.1) is 38.4 Å². The van der Waals surface area contributed by atoms with Crippen LogP contribution < -0.4 is 14.9 Å². The van der Waals surface area contributed by atoms with Crippen molar-refractivity contribution in [3.8, 4) is 11.3 Å². The normalized spacial score (nSPS) is 15.2. The number of halogens is 1. The molecular weight excluding hydrogens is 530 g/mol. The average molecular weight is 550 g/mol. The lowest BCUT2D eigenvalue weighted by Crippen LogP contribution is -2.39. The van der Waals surface area contributed by atoms with Gasteiger partial charge in [-0.25, -0.2) is 9.79 Å². The molecule has 2 aromatic carbocycles. The van der Waals surface area contributed by atoms with Crippen LogP contribution in [0.5, 0.6) is 0 Å². The van der Waals surface area contributed by atoms with Crippen molar-refractivity contribution in [2.45, 2.75) is 19.9 Å². The zero-order chi connectivity index (χ0) is 27.0. The van der Waals surface area contributed by atoms with E-state index in [2.05, 4.69) is 4.99 Å². The molecule has 38 heavy (non-hydrogen) atoms. The lowest BCUT2D eigenvalue weighted by atomic mass is 9.96. The molecule has 0 unspecified atom stereocenters. The monoisotopic (exact) mass is 549 g/mol. The van der Waals surface area contributed by atoms with Crippen molar-refractivity contribution >= 4 is 40.7 Å². The number of nitro benzene ring substituents is 1. The maximum absolute atomic E-state index is 13.6. The van der Waals surface area contributed by atoms with E-state index in [0.29, 0.717) is 37.7 Å².